The number of hydrogen-bond donors (Lipinski definition) is 3. The van der Waals surface area contributed by atoms with E-state index in [1.807, 2.05) is 0 Å². The Morgan fingerprint density at radius 1 is 0.463 bits per heavy atom. The van der Waals surface area contributed by atoms with Crippen molar-refractivity contribution in [2.24, 2.45) is 0 Å². The van der Waals surface area contributed by atoms with Crippen LogP contribution in [0.3, 0.4) is 0 Å². The number of ether oxygens (including phenoxy) is 1. The quantitative estimate of drug-likeness (QED) is 0.0244. The fourth-order valence-electron chi connectivity index (χ4n) is 8.22. The number of nitrogens with one attached hydrogen (secondary N) is 1. The van der Waals surface area contributed by atoms with Gasteiger partial charge in [-0.2, -0.15) is 0 Å². The Morgan fingerprint density at radius 2 is 0.866 bits per heavy atom. The SMILES string of the molecule is CC/C=C\C/C=C\C/C=C\C/C=C\C/C=C\CCCC(CC(=O)NC(CO)C(O)CCCCCCCCCCCCCCCCCC)OC(=O)CCCCCCCC/C=C/C=C/CCCCC. The molecule has 0 aliphatic rings. The summed E-state index contributed by atoms with van der Waals surface area (Å²) >= 11 is 0. The largest absolute Gasteiger partial charge is 0.462 e. The smallest absolute Gasteiger partial charge is 0.306 e. The number of allylic oxidation sites excluding steroid dienone is 14. The molecule has 6 heteroatoms. The predicted octanol–water partition coefficient (Wildman–Crippen LogP) is 17.5. The first-order valence-corrected chi connectivity index (χ1v) is 28.3. The maximum atomic E-state index is 13.3. The summed E-state index contributed by atoms with van der Waals surface area (Å²) in [5, 5.41) is 23.9. The molecule has 0 radical (unpaired) electrons. The lowest BCUT2D eigenvalue weighted by Gasteiger charge is -2.24. The molecule has 3 N–H and O–H groups in total. The van der Waals surface area contributed by atoms with Crippen LogP contribution in [0.15, 0.2) is 85.1 Å². The molecule has 6 nitrogen and oxygen atoms in total. The van der Waals surface area contributed by atoms with Gasteiger partial charge in [-0.15, -0.1) is 0 Å². The Hall–Kier alpha value is -2.96. The van der Waals surface area contributed by atoms with Gasteiger partial charge in [-0.1, -0.05) is 247 Å². The van der Waals surface area contributed by atoms with E-state index in [0.29, 0.717) is 19.3 Å². The van der Waals surface area contributed by atoms with E-state index in [1.165, 1.54) is 128 Å². The molecule has 0 saturated heterocycles. The normalized spacial score (nSPS) is 13.8. The standard InChI is InChI=1S/C61H107NO5/c1-4-7-10-13-16-19-22-25-28-30-32-34-37-40-43-46-49-52-57(67-61(66)54-51-48-45-42-39-36-31-27-24-21-18-15-12-9-6-3)55-60(65)62-58(56-63)59(64)53-50-47-44-41-38-35-33-29-26-23-20-17-14-11-8-5-2/h7,10,16,18-19,21,24-25,27-28,32,34,40,43,57-59,63-64H,4-6,8-9,11-15,17,20,22-23,26,29-31,33,35-39,41-42,44-56H2,1-3H3,(H,62,65)/b10-7-,19-16-,21-18+,27-24+,28-25-,34-32-,43-40-. The second-order valence-corrected chi connectivity index (χ2v) is 19.0. The third-order valence-corrected chi connectivity index (χ3v) is 12.5. The van der Waals surface area contributed by atoms with E-state index in [9.17, 15) is 19.8 Å². The number of unbranched alkanes of at least 4 members (excludes halogenated alkanes) is 25. The molecule has 3 atom stereocenters. The molecule has 0 aromatic carbocycles. The topological polar surface area (TPSA) is 95.9 Å². The molecule has 0 spiro atoms. The zero-order chi connectivity index (χ0) is 48.8. The van der Waals surface area contributed by atoms with Crippen LogP contribution in [0.4, 0.5) is 0 Å². The van der Waals surface area contributed by atoms with Crippen LogP contribution < -0.4 is 5.32 Å². The lowest BCUT2D eigenvalue weighted by atomic mass is 10.0. The van der Waals surface area contributed by atoms with E-state index in [-0.39, 0.29) is 24.9 Å². The highest BCUT2D eigenvalue weighted by atomic mass is 16.5. The summed E-state index contributed by atoms with van der Waals surface area (Å²) in [6.07, 6.45) is 70.7. The van der Waals surface area contributed by atoms with Crippen LogP contribution in [-0.2, 0) is 14.3 Å². The van der Waals surface area contributed by atoms with E-state index in [1.54, 1.807) is 0 Å². The van der Waals surface area contributed by atoms with Crippen LogP contribution in [0, 0.1) is 0 Å². The van der Waals surface area contributed by atoms with Gasteiger partial charge < -0.3 is 20.3 Å². The fourth-order valence-corrected chi connectivity index (χ4v) is 8.22. The van der Waals surface area contributed by atoms with Gasteiger partial charge in [0.15, 0.2) is 0 Å². The molecule has 0 saturated carbocycles. The average Bonchev–Trinajstić information content (AvgIpc) is 3.32. The van der Waals surface area contributed by atoms with Gasteiger partial charge in [0, 0.05) is 6.42 Å². The van der Waals surface area contributed by atoms with Gasteiger partial charge in [0.25, 0.3) is 0 Å². The highest BCUT2D eigenvalue weighted by Crippen LogP contribution is 2.17. The number of esters is 1. The first-order chi connectivity index (χ1) is 33.0. The minimum absolute atomic E-state index is 0.0305. The van der Waals surface area contributed by atoms with Gasteiger partial charge in [0.05, 0.1) is 25.2 Å². The molecule has 3 unspecified atom stereocenters. The number of rotatable bonds is 50. The van der Waals surface area contributed by atoms with Crippen LogP contribution in [0.2, 0.25) is 0 Å². The Balaban J connectivity index is 4.68. The van der Waals surface area contributed by atoms with Gasteiger partial charge in [0.2, 0.25) is 5.91 Å². The maximum absolute atomic E-state index is 13.3. The van der Waals surface area contributed by atoms with Crippen molar-refractivity contribution in [3.63, 3.8) is 0 Å². The van der Waals surface area contributed by atoms with E-state index < -0.39 is 18.2 Å². The third-order valence-electron chi connectivity index (χ3n) is 12.5. The van der Waals surface area contributed by atoms with Gasteiger partial charge in [-0.25, -0.2) is 0 Å². The van der Waals surface area contributed by atoms with Crippen LogP contribution in [-0.4, -0.2) is 46.9 Å². The van der Waals surface area contributed by atoms with Crippen molar-refractivity contribution in [3.8, 4) is 0 Å². The molecule has 0 rings (SSSR count). The average molecular weight is 935 g/mol. The lowest BCUT2D eigenvalue weighted by molar-refractivity contribution is -0.151. The summed E-state index contributed by atoms with van der Waals surface area (Å²) in [6, 6.07) is -0.727. The Morgan fingerprint density at radius 3 is 1.36 bits per heavy atom. The minimum Gasteiger partial charge on any atom is -0.462 e. The monoisotopic (exact) mass is 934 g/mol. The van der Waals surface area contributed by atoms with E-state index >= 15 is 0 Å². The zero-order valence-corrected chi connectivity index (χ0v) is 44.0. The van der Waals surface area contributed by atoms with Crippen molar-refractivity contribution >= 4 is 11.9 Å². The van der Waals surface area contributed by atoms with Gasteiger partial charge in [0.1, 0.15) is 6.10 Å². The van der Waals surface area contributed by atoms with E-state index in [4.69, 9.17) is 4.74 Å². The fraction of sp³-hybridized carbons (Fsp3) is 0.738. The molecule has 0 heterocycles. The Labute approximate surface area is 414 Å². The first-order valence-electron chi connectivity index (χ1n) is 28.3. The molecule has 1 amide bonds. The second kappa shape index (κ2) is 54.0. The summed E-state index contributed by atoms with van der Waals surface area (Å²) < 4.78 is 5.92. The van der Waals surface area contributed by atoms with E-state index in [2.05, 4.69) is 111 Å². The van der Waals surface area contributed by atoms with Crippen molar-refractivity contribution in [2.75, 3.05) is 6.61 Å². The lowest BCUT2D eigenvalue weighted by Crippen LogP contribution is -2.46. The molecule has 67 heavy (non-hydrogen) atoms. The summed E-state index contributed by atoms with van der Waals surface area (Å²) in [6.45, 7) is 6.34. The van der Waals surface area contributed by atoms with Crippen LogP contribution in [0.5, 0.6) is 0 Å². The highest BCUT2D eigenvalue weighted by molar-refractivity contribution is 5.77. The Kier molecular flexibility index (Phi) is 51.6. The van der Waals surface area contributed by atoms with Gasteiger partial charge in [-0.3, -0.25) is 9.59 Å². The van der Waals surface area contributed by atoms with Crippen molar-refractivity contribution in [1.82, 2.24) is 5.32 Å². The number of hydrogen-bond acceptors (Lipinski definition) is 5. The number of amides is 1. The van der Waals surface area contributed by atoms with Crippen LogP contribution >= 0.6 is 0 Å². The molecular weight excluding hydrogens is 827 g/mol. The molecule has 0 aromatic heterocycles. The predicted molar refractivity (Wildman–Crippen MR) is 291 cm³/mol. The number of aliphatic hydroxyl groups is 2. The molecule has 0 aliphatic heterocycles. The molecule has 0 aromatic rings. The minimum atomic E-state index is -0.810. The van der Waals surface area contributed by atoms with Crippen LogP contribution in [0.1, 0.15) is 265 Å². The molecule has 0 aliphatic carbocycles. The summed E-state index contributed by atoms with van der Waals surface area (Å²) in [4.78, 5) is 26.2. The van der Waals surface area contributed by atoms with Crippen molar-refractivity contribution in [2.45, 2.75) is 283 Å². The van der Waals surface area contributed by atoms with Gasteiger partial charge in [-0.05, 0) is 89.9 Å². The highest BCUT2D eigenvalue weighted by Gasteiger charge is 2.24. The summed E-state index contributed by atoms with van der Waals surface area (Å²) in [5.41, 5.74) is 0. The summed E-state index contributed by atoms with van der Waals surface area (Å²) in [7, 11) is 0. The van der Waals surface area contributed by atoms with Crippen molar-refractivity contribution in [1.29, 1.82) is 0 Å². The Bertz CT molecular complexity index is 1280. The van der Waals surface area contributed by atoms with Crippen molar-refractivity contribution in [3.05, 3.63) is 85.1 Å². The molecular formula is C61H107NO5. The number of carbonyl (C=O) groups is 2. The molecule has 386 valence electrons. The van der Waals surface area contributed by atoms with Crippen molar-refractivity contribution < 1.29 is 24.5 Å². The number of carbonyl (C=O) groups excluding carboxylic acids is 2. The third kappa shape index (κ3) is 49.3. The molecule has 0 fully saturated rings. The first kappa shape index (κ1) is 64.0. The summed E-state index contributed by atoms with van der Waals surface area (Å²) in [5.74, 6) is -0.543. The number of aliphatic hydroxyl groups excluding tert-OH is 2. The second-order valence-electron chi connectivity index (χ2n) is 19.0. The molecule has 0 bridgehead atoms. The zero-order valence-electron chi connectivity index (χ0n) is 44.0. The maximum Gasteiger partial charge on any atom is 0.306 e. The van der Waals surface area contributed by atoms with Crippen LogP contribution in [0.25, 0.3) is 0 Å². The van der Waals surface area contributed by atoms with E-state index in [0.717, 1.165) is 89.9 Å². The van der Waals surface area contributed by atoms with Gasteiger partial charge >= 0.3 is 5.97 Å².